The molecule has 1 atom stereocenters. The Morgan fingerprint density at radius 2 is 1.95 bits per heavy atom. The van der Waals surface area contributed by atoms with Gasteiger partial charge in [0.25, 0.3) is 0 Å². The number of rotatable bonds is 5. The largest absolute Gasteiger partial charge is 0.481 e. The Balaban J connectivity index is 1.99. The summed E-state index contributed by atoms with van der Waals surface area (Å²) in [7, 11) is 0. The summed E-state index contributed by atoms with van der Waals surface area (Å²) in [5.41, 5.74) is 5.77. The molecular formula is C14H18N2O3. The summed E-state index contributed by atoms with van der Waals surface area (Å²) < 4.78 is 0. The van der Waals surface area contributed by atoms with Crippen LogP contribution in [0.2, 0.25) is 0 Å². The zero-order valence-electron chi connectivity index (χ0n) is 10.6. The van der Waals surface area contributed by atoms with Gasteiger partial charge in [-0.3, -0.25) is 9.59 Å². The van der Waals surface area contributed by atoms with E-state index in [1.165, 1.54) is 0 Å². The molecule has 1 amide bonds. The van der Waals surface area contributed by atoms with E-state index in [2.05, 4.69) is 5.32 Å². The molecule has 0 saturated heterocycles. The minimum atomic E-state index is -0.953. The highest BCUT2D eigenvalue weighted by Gasteiger charge is 2.40. The number of carbonyl (C=O) groups is 2. The third-order valence-electron chi connectivity index (χ3n) is 3.66. The molecule has 0 aliphatic heterocycles. The summed E-state index contributed by atoms with van der Waals surface area (Å²) in [6.07, 6.45) is 2.29. The van der Waals surface area contributed by atoms with Crippen LogP contribution in [0.1, 0.15) is 30.7 Å². The first kappa shape index (κ1) is 13.5. The summed E-state index contributed by atoms with van der Waals surface area (Å²) in [6, 6.07) is 8.87. The summed E-state index contributed by atoms with van der Waals surface area (Å²) in [5.74, 6) is -1.94. The van der Waals surface area contributed by atoms with E-state index in [4.69, 9.17) is 5.73 Å². The summed E-state index contributed by atoms with van der Waals surface area (Å²) >= 11 is 0. The molecule has 1 aromatic carbocycles. The van der Waals surface area contributed by atoms with Crippen molar-refractivity contribution in [2.45, 2.75) is 30.7 Å². The molecular weight excluding hydrogens is 244 g/mol. The van der Waals surface area contributed by atoms with E-state index in [0.29, 0.717) is 18.4 Å². The van der Waals surface area contributed by atoms with E-state index < -0.39 is 17.4 Å². The van der Waals surface area contributed by atoms with Crippen LogP contribution in [0.5, 0.6) is 0 Å². The zero-order chi connectivity index (χ0) is 13.9. The van der Waals surface area contributed by atoms with Gasteiger partial charge in [-0.05, 0) is 24.8 Å². The lowest BCUT2D eigenvalue weighted by atomic mass is 9.77. The molecule has 1 fully saturated rings. The van der Waals surface area contributed by atoms with E-state index in [-0.39, 0.29) is 12.5 Å². The molecule has 5 nitrogen and oxygen atoms in total. The van der Waals surface area contributed by atoms with Crippen LogP contribution in [0.3, 0.4) is 0 Å². The average Bonchev–Trinajstić information content (AvgIpc) is 2.36. The second kappa shape index (κ2) is 5.40. The fourth-order valence-corrected chi connectivity index (χ4v) is 2.19. The van der Waals surface area contributed by atoms with Crippen LogP contribution in [0.15, 0.2) is 30.3 Å². The SMILES string of the molecule is NC1(C(=O)NCC(C(=O)O)c2ccccc2)CCC1. The molecule has 0 aromatic heterocycles. The predicted molar refractivity (Wildman–Crippen MR) is 70.6 cm³/mol. The highest BCUT2D eigenvalue weighted by Crippen LogP contribution is 2.29. The molecule has 5 heteroatoms. The Bertz CT molecular complexity index is 469. The average molecular weight is 262 g/mol. The molecule has 4 N–H and O–H groups in total. The second-order valence-electron chi connectivity index (χ2n) is 5.02. The molecule has 19 heavy (non-hydrogen) atoms. The van der Waals surface area contributed by atoms with Crippen LogP contribution in [-0.2, 0) is 9.59 Å². The highest BCUT2D eigenvalue weighted by atomic mass is 16.4. The maximum Gasteiger partial charge on any atom is 0.312 e. The van der Waals surface area contributed by atoms with Gasteiger partial charge in [0.2, 0.25) is 5.91 Å². The molecule has 1 aliphatic carbocycles. The van der Waals surface area contributed by atoms with E-state index in [9.17, 15) is 14.7 Å². The van der Waals surface area contributed by atoms with Crippen molar-refractivity contribution in [2.24, 2.45) is 5.73 Å². The molecule has 1 unspecified atom stereocenters. The maximum absolute atomic E-state index is 11.9. The Morgan fingerprint density at radius 1 is 1.32 bits per heavy atom. The number of hydrogen-bond acceptors (Lipinski definition) is 3. The molecule has 1 aliphatic rings. The van der Waals surface area contributed by atoms with Crippen LogP contribution in [0.25, 0.3) is 0 Å². The lowest BCUT2D eigenvalue weighted by Gasteiger charge is -2.36. The van der Waals surface area contributed by atoms with Gasteiger partial charge in [0.05, 0.1) is 11.5 Å². The molecule has 1 aromatic rings. The lowest BCUT2D eigenvalue weighted by Crippen LogP contribution is -2.59. The predicted octanol–water partition coefficient (Wildman–Crippen LogP) is 0.852. The minimum absolute atomic E-state index is 0.0666. The third kappa shape index (κ3) is 2.93. The van der Waals surface area contributed by atoms with Crippen molar-refractivity contribution in [3.05, 3.63) is 35.9 Å². The van der Waals surface area contributed by atoms with Crippen molar-refractivity contribution < 1.29 is 14.7 Å². The minimum Gasteiger partial charge on any atom is -0.481 e. The molecule has 1 saturated carbocycles. The molecule has 0 bridgehead atoms. The number of nitrogens with one attached hydrogen (secondary N) is 1. The van der Waals surface area contributed by atoms with Gasteiger partial charge in [-0.2, -0.15) is 0 Å². The van der Waals surface area contributed by atoms with Crippen molar-refractivity contribution in [3.8, 4) is 0 Å². The van der Waals surface area contributed by atoms with Crippen LogP contribution < -0.4 is 11.1 Å². The van der Waals surface area contributed by atoms with Crippen molar-refractivity contribution in [3.63, 3.8) is 0 Å². The molecule has 0 heterocycles. The smallest absolute Gasteiger partial charge is 0.312 e. The van der Waals surface area contributed by atoms with Crippen molar-refractivity contribution in [1.82, 2.24) is 5.32 Å². The van der Waals surface area contributed by atoms with E-state index in [1.54, 1.807) is 24.3 Å². The van der Waals surface area contributed by atoms with Gasteiger partial charge >= 0.3 is 5.97 Å². The number of nitrogens with two attached hydrogens (primary N) is 1. The first-order valence-electron chi connectivity index (χ1n) is 6.38. The van der Waals surface area contributed by atoms with Gasteiger partial charge < -0.3 is 16.2 Å². The van der Waals surface area contributed by atoms with Crippen molar-refractivity contribution in [2.75, 3.05) is 6.54 Å². The van der Waals surface area contributed by atoms with Gasteiger partial charge in [-0.15, -0.1) is 0 Å². The Labute approximate surface area is 111 Å². The van der Waals surface area contributed by atoms with E-state index >= 15 is 0 Å². The summed E-state index contributed by atoms with van der Waals surface area (Å²) in [5, 5.41) is 11.9. The number of carboxylic acid groups (broad SMARTS) is 1. The van der Waals surface area contributed by atoms with Crippen molar-refractivity contribution in [1.29, 1.82) is 0 Å². The van der Waals surface area contributed by atoms with Crippen LogP contribution in [0.4, 0.5) is 0 Å². The third-order valence-corrected chi connectivity index (χ3v) is 3.66. The fourth-order valence-electron chi connectivity index (χ4n) is 2.19. The first-order valence-corrected chi connectivity index (χ1v) is 6.38. The number of carboxylic acids is 1. The van der Waals surface area contributed by atoms with Gasteiger partial charge in [0.15, 0.2) is 0 Å². The standard InChI is InChI=1S/C14H18N2O3/c15-14(7-4-8-14)13(19)16-9-11(12(17)18)10-5-2-1-3-6-10/h1-3,5-6,11H,4,7-9,15H2,(H,16,19)(H,17,18). The van der Waals surface area contributed by atoms with Crippen LogP contribution in [0, 0.1) is 0 Å². The monoisotopic (exact) mass is 262 g/mol. The topological polar surface area (TPSA) is 92.4 Å². The van der Waals surface area contributed by atoms with Crippen LogP contribution >= 0.6 is 0 Å². The number of aliphatic carboxylic acids is 1. The molecule has 0 spiro atoms. The van der Waals surface area contributed by atoms with Crippen LogP contribution in [-0.4, -0.2) is 29.1 Å². The summed E-state index contributed by atoms with van der Waals surface area (Å²) in [4.78, 5) is 23.1. The van der Waals surface area contributed by atoms with E-state index in [0.717, 1.165) is 6.42 Å². The number of benzene rings is 1. The molecule has 0 radical (unpaired) electrons. The highest BCUT2D eigenvalue weighted by molar-refractivity contribution is 5.87. The molecule has 102 valence electrons. The number of carbonyl (C=O) groups excluding carboxylic acids is 1. The van der Waals surface area contributed by atoms with Gasteiger partial charge in [-0.25, -0.2) is 0 Å². The maximum atomic E-state index is 11.9. The quantitative estimate of drug-likeness (QED) is 0.733. The Kier molecular flexibility index (Phi) is 3.85. The van der Waals surface area contributed by atoms with Crippen molar-refractivity contribution >= 4 is 11.9 Å². The summed E-state index contributed by atoms with van der Waals surface area (Å²) in [6.45, 7) is 0.0666. The lowest BCUT2D eigenvalue weighted by molar-refractivity contribution is -0.139. The van der Waals surface area contributed by atoms with Gasteiger partial charge in [0.1, 0.15) is 0 Å². The normalized spacial score (nSPS) is 18.2. The van der Waals surface area contributed by atoms with Gasteiger partial charge in [0, 0.05) is 6.54 Å². The Morgan fingerprint density at radius 3 is 2.42 bits per heavy atom. The van der Waals surface area contributed by atoms with E-state index in [1.807, 2.05) is 6.07 Å². The fraction of sp³-hybridized carbons (Fsp3) is 0.429. The zero-order valence-corrected chi connectivity index (χ0v) is 10.6. The second-order valence-corrected chi connectivity index (χ2v) is 5.02. The van der Waals surface area contributed by atoms with Gasteiger partial charge in [-0.1, -0.05) is 30.3 Å². The Hall–Kier alpha value is -1.88. The number of amides is 1. The first-order chi connectivity index (χ1) is 9.03. The molecule has 2 rings (SSSR count). The number of hydrogen-bond donors (Lipinski definition) is 3.